The molecule has 1 unspecified atom stereocenters. The molecular weight excluding hydrogens is 422 g/mol. The van der Waals surface area contributed by atoms with E-state index in [1.54, 1.807) is 26.2 Å². The SMILES string of the molecule is COC(=O)[C@H]1CCC(=O)N1C(c1cc(OC)c(OC)c(OC)c1)c1cccc2ccccc12. The average Bonchev–Trinajstić information content (AvgIpc) is 3.24. The number of ether oxygens (including phenoxy) is 4. The van der Waals surface area contributed by atoms with Gasteiger partial charge in [0, 0.05) is 6.42 Å². The fraction of sp³-hybridized carbons (Fsp3) is 0.308. The number of likely N-dealkylation sites (tertiary alicyclic amines) is 1. The van der Waals surface area contributed by atoms with Gasteiger partial charge in [0.05, 0.1) is 34.5 Å². The third-order valence-electron chi connectivity index (χ3n) is 6.13. The predicted octanol–water partition coefficient (Wildman–Crippen LogP) is 4.12. The molecule has 0 radical (unpaired) electrons. The number of nitrogens with zero attached hydrogens (tertiary/aromatic N) is 1. The molecule has 7 nitrogen and oxygen atoms in total. The summed E-state index contributed by atoms with van der Waals surface area (Å²) < 4.78 is 21.7. The van der Waals surface area contributed by atoms with Crippen LogP contribution in [-0.2, 0) is 14.3 Å². The van der Waals surface area contributed by atoms with Crippen molar-refractivity contribution in [2.75, 3.05) is 28.4 Å². The number of fused-ring (bicyclic) bond motifs is 1. The lowest BCUT2D eigenvalue weighted by Gasteiger charge is -2.34. The van der Waals surface area contributed by atoms with E-state index in [1.807, 2.05) is 54.6 Å². The van der Waals surface area contributed by atoms with E-state index in [1.165, 1.54) is 7.11 Å². The fourth-order valence-electron chi connectivity index (χ4n) is 4.63. The number of carbonyl (C=O) groups is 2. The average molecular weight is 450 g/mol. The number of hydrogen-bond donors (Lipinski definition) is 0. The summed E-state index contributed by atoms with van der Waals surface area (Å²) in [5.41, 5.74) is 1.64. The fourth-order valence-corrected chi connectivity index (χ4v) is 4.63. The molecule has 1 aliphatic rings. The van der Waals surface area contributed by atoms with Gasteiger partial charge in [-0.1, -0.05) is 42.5 Å². The second-order valence-corrected chi connectivity index (χ2v) is 7.81. The molecule has 4 rings (SSSR count). The van der Waals surface area contributed by atoms with Crippen LogP contribution in [0, 0.1) is 0 Å². The van der Waals surface area contributed by atoms with Crippen LogP contribution in [0.15, 0.2) is 54.6 Å². The Morgan fingerprint density at radius 2 is 1.61 bits per heavy atom. The van der Waals surface area contributed by atoms with E-state index in [0.717, 1.165) is 21.9 Å². The number of methoxy groups -OCH3 is 4. The maximum atomic E-state index is 13.2. The lowest BCUT2D eigenvalue weighted by atomic mass is 9.91. The third kappa shape index (κ3) is 3.95. The summed E-state index contributed by atoms with van der Waals surface area (Å²) >= 11 is 0. The Balaban J connectivity index is 2.00. The Bertz CT molecular complexity index is 1160. The topological polar surface area (TPSA) is 74.3 Å². The van der Waals surface area contributed by atoms with E-state index < -0.39 is 18.1 Å². The van der Waals surface area contributed by atoms with E-state index in [-0.39, 0.29) is 12.3 Å². The standard InChI is InChI=1S/C26H27NO6/c1-30-21-14-17(15-22(31-2)25(21)32-3)24(27-20(26(29)33-4)12-13-23(27)28)19-11-7-9-16-8-5-6-10-18(16)19/h5-11,14-15,20,24H,12-13H2,1-4H3/t20-,24?/m1/s1. The number of esters is 1. The second kappa shape index (κ2) is 9.40. The van der Waals surface area contributed by atoms with Crippen molar-refractivity contribution in [2.24, 2.45) is 0 Å². The zero-order chi connectivity index (χ0) is 23.5. The smallest absolute Gasteiger partial charge is 0.328 e. The molecule has 0 bridgehead atoms. The van der Waals surface area contributed by atoms with Crippen molar-refractivity contribution in [3.63, 3.8) is 0 Å². The molecule has 172 valence electrons. The van der Waals surface area contributed by atoms with Crippen molar-refractivity contribution in [3.8, 4) is 17.2 Å². The second-order valence-electron chi connectivity index (χ2n) is 7.81. The molecule has 1 saturated heterocycles. The highest BCUT2D eigenvalue weighted by atomic mass is 16.5. The zero-order valence-electron chi connectivity index (χ0n) is 19.2. The summed E-state index contributed by atoms with van der Waals surface area (Å²) in [5, 5.41) is 2.02. The lowest BCUT2D eigenvalue weighted by molar-refractivity contribution is -0.150. The molecule has 1 fully saturated rings. The van der Waals surface area contributed by atoms with Gasteiger partial charge < -0.3 is 23.8 Å². The van der Waals surface area contributed by atoms with E-state index in [2.05, 4.69) is 0 Å². The monoisotopic (exact) mass is 449 g/mol. The number of benzene rings is 3. The highest BCUT2D eigenvalue weighted by molar-refractivity contribution is 5.91. The number of hydrogen-bond acceptors (Lipinski definition) is 6. The molecule has 1 heterocycles. The van der Waals surface area contributed by atoms with Crippen LogP contribution in [0.3, 0.4) is 0 Å². The normalized spacial score (nSPS) is 16.5. The van der Waals surface area contributed by atoms with E-state index in [4.69, 9.17) is 18.9 Å². The van der Waals surface area contributed by atoms with Crippen LogP contribution in [0.1, 0.15) is 30.0 Å². The van der Waals surface area contributed by atoms with Gasteiger partial charge in [0.2, 0.25) is 11.7 Å². The first-order valence-electron chi connectivity index (χ1n) is 10.7. The molecule has 0 saturated carbocycles. The van der Waals surface area contributed by atoms with Crippen molar-refractivity contribution in [1.82, 2.24) is 4.90 Å². The molecule has 2 atom stereocenters. The zero-order valence-corrected chi connectivity index (χ0v) is 19.2. The molecule has 0 aromatic heterocycles. The van der Waals surface area contributed by atoms with Crippen LogP contribution in [0.5, 0.6) is 17.2 Å². The third-order valence-corrected chi connectivity index (χ3v) is 6.13. The predicted molar refractivity (Wildman–Crippen MR) is 124 cm³/mol. The van der Waals surface area contributed by atoms with Gasteiger partial charge in [-0.05, 0) is 40.5 Å². The van der Waals surface area contributed by atoms with Crippen molar-refractivity contribution < 1.29 is 28.5 Å². The Morgan fingerprint density at radius 1 is 0.939 bits per heavy atom. The summed E-state index contributed by atoms with van der Waals surface area (Å²) in [6, 6.07) is 16.3. The Morgan fingerprint density at radius 3 is 2.24 bits per heavy atom. The maximum absolute atomic E-state index is 13.2. The maximum Gasteiger partial charge on any atom is 0.328 e. The van der Waals surface area contributed by atoms with Crippen LogP contribution >= 0.6 is 0 Å². The molecule has 7 heteroatoms. The molecule has 3 aromatic rings. The van der Waals surface area contributed by atoms with Gasteiger partial charge >= 0.3 is 5.97 Å². The van der Waals surface area contributed by atoms with Crippen LogP contribution in [0.4, 0.5) is 0 Å². The molecular formula is C26H27NO6. The summed E-state index contributed by atoms with van der Waals surface area (Å²) in [5.74, 6) is 0.852. The van der Waals surface area contributed by atoms with Gasteiger partial charge in [0.15, 0.2) is 11.5 Å². The Kier molecular flexibility index (Phi) is 6.40. The van der Waals surface area contributed by atoms with Crippen molar-refractivity contribution in [2.45, 2.75) is 24.9 Å². The van der Waals surface area contributed by atoms with Crippen molar-refractivity contribution in [3.05, 3.63) is 65.7 Å². The Hall–Kier alpha value is -3.74. The van der Waals surface area contributed by atoms with E-state index >= 15 is 0 Å². The minimum absolute atomic E-state index is 0.114. The molecule has 3 aromatic carbocycles. The first kappa shape index (κ1) is 22.5. The molecule has 0 spiro atoms. The van der Waals surface area contributed by atoms with Crippen LogP contribution < -0.4 is 14.2 Å². The molecule has 0 N–H and O–H groups in total. The minimum Gasteiger partial charge on any atom is -0.493 e. The van der Waals surface area contributed by atoms with Gasteiger partial charge in [0.1, 0.15) is 6.04 Å². The summed E-state index contributed by atoms with van der Waals surface area (Å²) in [6.45, 7) is 0. The number of rotatable bonds is 7. The molecule has 1 aliphatic heterocycles. The van der Waals surface area contributed by atoms with Gasteiger partial charge in [-0.25, -0.2) is 4.79 Å². The Labute approximate surface area is 192 Å². The largest absolute Gasteiger partial charge is 0.493 e. The number of carbonyl (C=O) groups excluding carboxylic acids is 2. The van der Waals surface area contributed by atoms with Gasteiger partial charge in [-0.3, -0.25) is 4.79 Å². The minimum atomic E-state index is -0.689. The first-order chi connectivity index (χ1) is 16.0. The first-order valence-corrected chi connectivity index (χ1v) is 10.7. The van der Waals surface area contributed by atoms with Crippen molar-refractivity contribution in [1.29, 1.82) is 0 Å². The van der Waals surface area contributed by atoms with E-state index in [0.29, 0.717) is 23.7 Å². The van der Waals surface area contributed by atoms with Gasteiger partial charge in [-0.2, -0.15) is 0 Å². The van der Waals surface area contributed by atoms with Crippen molar-refractivity contribution >= 4 is 22.6 Å². The van der Waals surface area contributed by atoms with Gasteiger partial charge in [0.25, 0.3) is 0 Å². The van der Waals surface area contributed by atoms with Crippen LogP contribution in [-0.4, -0.2) is 51.3 Å². The van der Waals surface area contributed by atoms with E-state index in [9.17, 15) is 9.59 Å². The number of amides is 1. The molecule has 1 amide bonds. The van der Waals surface area contributed by atoms with Crippen LogP contribution in [0.2, 0.25) is 0 Å². The lowest BCUT2D eigenvalue weighted by Crippen LogP contribution is -2.42. The summed E-state index contributed by atoms with van der Waals surface area (Å²) in [7, 11) is 5.98. The van der Waals surface area contributed by atoms with Crippen LogP contribution in [0.25, 0.3) is 10.8 Å². The quantitative estimate of drug-likeness (QED) is 0.505. The highest BCUT2D eigenvalue weighted by Gasteiger charge is 2.43. The highest BCUT2D eigenvalue weighted by Crippen LogP contribution is 2.45. The molecule has 33 heavy (non-hydrogen) atoms. The molecule has 0 aliphatic carbocycles. The van der Waals surface area contributed by atoms with Gasteiger partial charge in [-0.15, -0.1) is 0 Å². The summed E-state index contributed by atoms with van der Waals surface area (Å²) in [4.78, 5) is 27.5. The summed E-state index contributed by atoms with van der Waals surface area (Å²) in [6.07, 6.45) is 0.669.